The summed E-state index contributed by atoms with van der Waals surface area (Å²) >= 11 is 0. The Morgan fingerprint density at radius 2 is 1.90 bits per heavy atom. The van der Waals surface area contributed by atoms with Crippen molar-refractivity contribution in [1.82, 2.24) is 0 Å². The topological polar surface area (TPSA) is 69.7 Å². The molecule has 0 aromatic rings. The van der Waals surface area contributed by atoms with Gasteiger partial charge in [0.05, 0.1) is 7.11 Å². The molecular weight excluding hydrogens is 260 g/mol. The van der Waals surface area contributed by atoms with Gasteiger partial charge in [-0.2, -0.15) is 0 Å². The number of Topliss-reactive ketones (excluding diaryl/α,β-unsaturated/α-hetero) is 3. The monoisotopic (exact) mass is 282 g/mol. The van der Waals surface area contributed by atoms with Gasteiger partial charge in [0.1, 0.15) is 17.5 Å². The minimum absolute atomic E-state index is 0.202. The zero-order valence-corrected chi connectivity index (χ0v) is 12.9. The van der Waals surface area contributed by atoms with Crippen molar-refractivity contribution in [2.75, 3.05) is 14.2 Å². The van der Waals surface area contributed by atoms with E-state index in [1.54, 1.807) is 13.8 Å². The summed E-state index contributed by atoms with van der Waals surface area (Å²) in [7, 11) is 2.68. The Kier molecular flexibility index (Phi) is 4.86. The Morgan fingerprint density at radius 3 is 2.25 bits per heavy atom. The molecule has 1 rings (SSSR count). The quantitative estimate of drug-likeness (QED) is 0.693. The van der Waals surface area contributed by atoms with Crippen molar-refractivity contribution >= 4 is 17.3 Å². The predicted octanol–water partition coefficient (Wildman–Crippen LogP) is 1.70. The molecule has 1 aliphatic rings. The number of hydrogen-bond acceptors (Lipinski definition) is 5. The van der Waals surface area contributed by atoms with E-state index in [4.69, 9.17) is 9.47 Å². The SMILES string of the molecule is CC[C@@H](C)C(=O)[C@@H]1C(OC)=C(C)C(=O)[C@@]1(OC)C(C)=O. The number of ether oxygens (including phenoxy) is 2. The molecule has 5 nitrogen and oxygen atoms in total. The van der Waals surface area contributed by atoms with Crippen molar-refractivity contribution in [3.8, 4) is 0 Å². The summed E-state index contributed by atoms with van der Waals surface area (Å²) in [5.74, 6) is -2.18. The molecule has 0 fully saturated rings. The van der Waals surface area contributed by atoms with Crippen molar-refractivity contribution < 1.29 is 23.9 Å². The number of rotatable bonds is 6. The molecule has 0 aromatic carbocycles. The van der Waals surface area contributed by atoms with Gasteiger partial charge in [0.2, 0.25) is 11.4 Å². The molecule has 112 valence electrons. The first kappa shape index (κ1) is 16.6. The van der Waals surface area contributed by atoms with Crippen molar-refractivity contribution in [3.05, 3.63) is 11.3 Å². The summed E-state index contributed by atoms with van der Waals surface area (Å²) in [6.07, 6.45) is 0.622. The van der Waals surface area contributed by atoms with E-state index >= 15 is 0 Å². The van der Waals surface area contributed by atoms with Gasteiger partial charge in [-0.3, -0.25) is 14.4 Å². The second-order valence-electron chi connectivity index (χ2n) is 5.16. The van der Waals surface area contributed by atoms with E-state index in [-0.39, 0.29) is 23.0 Å². The van der Waals surface area contributed by atoms with Crippen LogP contribution in [0.4, 0.5) is 0 Å². The highest BCUT2D eigenvalue weighted by atomic mass is 16.5. The maximum Gasteiger partial charge on any atom is 0.204 e. The van der Waals surface area contributed by atoms with Crippen LogP contribution in [0.25, 0.3) is 0 Å². The van der Waals surface area contributed by atoms with Gasteiger partial charge in [-0.15, -0.1) is 0 Å². The molecule has 0 saturated heterocycles. The van der Waals surface area contributed by atoms with Crippen molar-refractivity contribution in [2.24, 2.45) is 11.8 Å². The molecule has 0 radical (unpaired) electrons. The highest BCUT2D eigenvalue weighted by molar-refractivity contribution is 6.23. The highest BCUT2D eigenvalue weighted by Gasteiger charge is 2.61. The van der Waals surface area contributed by atoms with Gasteiger partial charge in [0.25, 0.3) is 0 Å². The van der Waals surface area contributed by atoms with Crippen LogP contribution in [0.1, 0.15) is 34.1 Å². The van der Waals surface area contributed by atoms with E-state index in [2.05, 4.69) is 0 Å². The number of hydrogen-bond donors (Lipinski definition) is 0. The van der Waals surface area contributed by atoms with Crippen LogP contribution in [-0.4, -0.2) is 37.2 Å². The Morgan fingerprint density at radius 1 is 1.35 bits per heavy atom. The molecule has 3 atom stereocenters. The van der Waals surface area contributed by atoms with Crippen LogP contribution < -0.4 is 0 Å². The first-order valence-corrected chi connectivity index (χ1v) is 6.68. The maximum atomic E-state index is 12.6. The number of carbonyl (C=O) groups is 3. The average Bonchev–Trinajstić information content (AvgIpc) is 2.66. The molecule has 20 heavy (non-hydrogen) atoms. The third-order valence-electron chi connectivity index (χ3n) is 4.16. The highest BCUT2D eigenvalue weighted by Crippen LogP contribution is 2.43. The summed E-state index contributed by atoms with van der Waals surface area (Å²) in [5, 5.41) is 0. The van der Waals surface area contributed by atoms with Crippen LogP contribution in [0, 0.1) is 11.8 Å². The third-order valence-corrected chi connectivity index (χ3v) is 4.16. The third kappa shape index (κ3) is 2.10. The minimum atomic E-state index is -1.77. The molecule has 0 amide bonds. The molecule has 0 spiro atoms. The first-order valence-electron chi connectivity index (χ1n) is 6.68. The fourth-order valence-electron chi connectivity index (χ4n) is 2.73. The van der Waals surface area contributed by atoms with Crippen molar-refractivity contribution in [3.63, 3.8) is 0 Å². The Labute approximate surface area is 119 Å². The summed E-state index contributed by atoms with van der Waals surface area (Å²) in [6.45, 7) is 6.48. The normalized spacial score (nSPS) is 27.7. The number of methoxy groups -OCH3 is 2. The largest absolute Gasteiger partial charge is 0.500 e. The van der Waals surface area contributed by atoms with Crippen molar-refractivity contribution in [1.29, 1.82) is 0 Å². The first-order chi connectivity index (χ1) is 9.29. The van der Waals surface area contributed by atoms with Gasteiger partial charge in [0, 0.05) is 18.6 Å². The predicted molar refractivity (Wildman–Crippen MR) is 73.1 cm³/mol. The molecule has 0 aliphatic heterocycles. The molecule has 0 N–H and O–H groups in total. The molecule has 1 aliphatic carbocycles. The van der Waals surface area contributed by atoms with Gasteiger partial charge in [0.15, 0.2) is 5.78 Å². The van der Waals surface area contributed by atoms with E-state index in [9.17, 15) is 14.4 Å². The summed E-state index contributed by atoms with van der Waals surface area (Å²) in [5.41, 5.74) is -1.48. The maximum absolute atomic E-state index is 12.6. The van der Waals surface area contributed by atoms with E-state index in [0.717, 1.165) is 0 Å². The van der Waals surface area contributed by atoms with Gasteiger partial charge >= 0.3 is 0 Å². The van der Waals surface area contributed by atoms with E-state index in [1.165, 1.54) is 21.1 Å². The second kappa shape index (κ2) is 5.87. The van der Waals surface area contributed by atoms with Gasteiger partial charge in [-0.05, 0) is 20.3 Å². The Balaban J connectivity index is 3.49. The summed E-state index contributed by atoms with van der Waals surface area (Å²) in [6, 6.07) is 0. The molecule has 0 aromatic heterocycles. The smallest absolute Gasteiger partial charge is 0.204 e. The fraction of sp³-hybridized carbons (Fsp3) is 0.667. The lowest BCUT2D eigenvalue weighted by molar-refractivity contribution is -0.160. The standard InChI is InChI=1S/C15H22O5/c1-7-8(2)12(17)11-13(19-5)9(3)14(18)15(11,20-6)10(4)16/h8,11H,7H2,1-6H3/t8-,11-,15-/m1/s1. The van der Waals surface area contributed by atoms with E-state index in [1.807, 2.05) is 6.92 Å². The molecule has 0 saturated carbocycles. The fourth-order valence-corrected chi connectivity index (χ4v) is 2.73. The lowest BCUT2D eigenvalue weighted by atomic mass is 9.78. The van der Waals surface area contributed by atoms with Crippen LogP contribution in [0.2, 0.25) is 0 Å². The molecule has 0 unspecified atom stereocenters. The molecule has 5 heteroatoms. The van der Waals surface area contributed by atoms with Gasteiger partial charge in [-0.1, -0.05) is 13.8 Å². The zero-order chi connectivity index (χ0) is 15.7. The van der Waals surface area contributed by atoms with E-state index < -0.39 is 23.1 Å². The average molecular weight is 282 g/mol. The summed E-state index contributed by atoms with van der Waals surface area (Å²) < 4.78 is 10.5. The molecule has 0 bridgehead atoms. The zero-order valence-electron chi connectivity index (χ0n) is 12.9. The van der Waals surface area contributed by atoms with Crippen LogP contribution >= 0.6 is 0 Å². The Hall–Kier alpha value is -1.49. The molecular formula is C15H22O5. The second-order valence-corrected chi connectivity index (χ2v) is 5.16. The van der Waals surface area contributed by atoms with Crippen LogP contribution in [0.3, 0.4) is 0 Å². The minimum Gasteiger partial charge on any atom is -0.500 e. The van der Waals surface area contributed by atoms with E-state index in [0.29, 0.717) is 6.42 Å². The van der Waals surface area contributed by atoms with Gasteiger partial charge in [-0.25, -0.2) is 0 Å². The van der Waals surface area contributed by atoms with Crippen LogP contribution in [0.15, 0.2) is 11.3 Å². The number of ketones is 3. The number of carbonyl (C=O) groups excluding carboxylic acids is 3. The lowest BCUT2D eigenvalue weighted by Crippen LogP contribution is -2.54. The Bertz CT molecular complexity index is 477. The van der Waals surface area contributed by atoms with Crippen molar-refractivity contribution in [2.45, 2.75) is 39.7 Å². The van der Waals surface area contributed by atoms with Gasteiger partial charge < -0.3 is 9.47 Å². The van der Waals surface area contributed by atoms with Crippen LogP contribution in [-0.2, 0) is 23.9 Å². The lowest BCUT2D eigenvalue weighted by Gasteiger charge is -2.31. The summed E-state index contributed by atoms with van der Waals surface area (Å²) in [4.78, 5) is 37.1. The van der Waals surface area contributed by atoms with Crippen LogP contribution in [0.5, 0.6) is 0 Å². The molecule has 0 heterocycles.